The Morgan fingerprint density at radius 2 is 1.89 bits per heavy atom. The molecule has 2 N–H and O–H groups in total. The van der Waals surface area contributed by atoms with Crippen molar-refractivity contribution in [1.82, 2.24) is 4.72 Å². The molecule has 0 heterocycles. The third-order valence-corrected chi connectivity index (χ3v) is 4.14. The van der Waals surface area contributed by atoms with E-state index < -0.39 is 16.1 Å². The summed E-state index contributed by atoms with van der Waals surface area (Å²) in [6.45, 7) is 2.95. The predicted molar refractivity (Wildman–Crippen MR) is 67.9 cm³/mol. The summed E-state index contributed by atoms with van der Waals surface area (Å²) in [5.41, 5.74) is 0.461. The van der Waals surface area contributed by atoms with Crippen molar-refractivity contribution in [1.29, 1.82) is 0 Å². The van der Waals surface area contributed by atoms with Gasteiger partial charge in [0.2, 0.25) is 10.0 Å². The van der Waals surface area contributed by atoms with Gasteiger partial charge in [-0.05, 0) is 25.5 Å². The van der Waals surface area contributed by atoms with Crippen LogP contribution in [0.4, 0.5) is 0 Å². The molecular formula is C12H17NO4S. The Balaban J connectivity index is 2.95. The highest BCUT2D eigenvalue weighted by atomic mass is 32.2. The summed E-state index contributed by atoms with van der Waals surface area (Å²) in [5.74, 6) is -0.117. The van der Waals surface area contributed by atoms with E-state index in [1.807, 2.05) is 0 Å². The lowest BCUT2D eigenvalue weighted by Gasteiger charge is -2.14. The summed E-state index contributed by atoms with van der Waals surface area (Å²) in [4.78, 5) is 11.2. The van der Waals surface area contributed by atoms with Crippen molar-refractivity contribution < 1.29 is 18.3 Å². The van der Waals surface area contributed by atoms with Crippen LogP contribution < -0.4 is 4.72 Å². The minimum atomic E-state index is -3.65. The number of aliphatic hydroxyl groups excluding tert-OH is 1. The number of benzene rings is 1. The standard InChI is InChI=1S/C12H17NO4S/c1-3-11(8-14)13-18(16,17)12-6-4-10(5-7-12)9(2)15/h4-7,11,13-14H,3,8H2,1-2H3/t11-/m1/s1. The fraction of sp³-hybridized carbons (Fsp3) is 0.417. The van der Waals surface area contributed by atoms with E-state index >= 15 is 0 Å². The molecule has 18 heavy (non-hydrogen) atoms. The molecule has 0 aromatic heterocycles. The van der Waals surface area contributed by atoms with E-state index in [1.54, 1.807) is 6.92 Å². The molecular weight excluding hydrogens is 254 g/mol. The van der Waals surface area contributed by atoms with Gasteiger partial charge in [0.25, 0.3) is 0 Å². The molecule has 0 aliphatic heterocycles. The number of nitrogens with one attached hydrogen (secondary N) is 1. The van der Waals surface area contributed by atoms with Crippen LogP contribution in [0.2, 0.25) is 0 Å². The fourth-order valence-electron chi connectivity index (χ4n) is 1.41. The van der Waals surface area contributed by atoms with E-state index in [4.69, 9.17) is 5.11 Å². The quantitative estimate of drug-likeness (QED) is 0.754. The maximum Gasteiger partial charge on any atom is 0.240 e. The van der Waals surface area contributed by atoms with Crippen molar-refractivity contribution in [2.75, 3.05) is 6.61 Å². The van der Waals surface area contributed by atoms with E-state index in [0.29, 0.717) is 12.0 Å². The molecule has 0 spiro atoms. The lowest BCUT2D eigenvalue weighted by atomic mass is 10.2. The van der Waals surface area contributed by atoms with Crippen LogP contribution in [0.5, 0.6) is 0 Å². The van der Waals surface area contributed by atoms with Crippen LogP contribution in [0, 0.1) is 0 Å². The summed E-state index contributed by atoms with van der Waals surface area (Å²) in [5, 5.41) is 8.98. The van der Waals surface area contributed by atoms with Crippen molar-refractivity contribution in [2.24, 2.45) is 0 Å². The fourth-order valence-corrected chi connectivity index (χ4v) is 2.72. The van der Waals surface area contributed by atoms with E-state index in [0.717, 1.165) is 0 Å². The average Bonchev–Trinajstić information content (AvgIpc) is 2.36. The largest absolute Gasteiger partial charge is 0.395 e. The van der Waals surface area contributed by atoms with Gasteiger partial charge in [0, 0.05) is 11.6 Å². The van der Waals surface area contributed by atoms with Crippen LogP contribution in [0.25, 0.3) is 0 Å². The van der Waals surface area contributed by atoms with Gasteiger partial charge in [-0.1, -0.05) is 19.1 Å². The summed E-state index contributed by atoms with van der Waals surface area (Å²) in [7, 11) is -3.65. The second kappa shape index (κ2) is 6.08. The highest BCUT2D eigenvalue weighted by Gasteiger charge is 2.18. The Morgan fingerprint density at radius 1 is 1.33 bits per heavy atom. The number of rotatable bonds is 6. The second-order valence-corrected chi connectivity index (χ2v) is 5.70. The average molecular weight is 271 g/mol. The normalized spacial score (nSPS) is 13.3. The zero-order valence-electron chi connectivity index (χ0n) is 10.4. The molecule has 0 aliphatic rings. The maximum atomic E-state index is 11.9. The van der Waals surface area contributed by atoms with E-state index in [2.05, 4.69) is 4.72 Å². The zero-order chi connectivity index (χ0) is 13.8. The first-order valence-electron chi connectivity index (χ1n) is 5.65. The third kappa shape index (κ3) is 3.63. The van der Waals surface area contributed by atoms with Crippen molar-refractivity contribution in [2.45, 2.75) is 31.2 Å². The minimum Gasteiger partial charge on any atom is -0.395 e. The molecule has 0 amide bonds. The van der Waals surface area contributed by atoms with Gasteiger partial charge in [0.05, 0.1) is 11.5 Å². The molecule has 0 radical (unpaired) electrons. The maximum absolute atomic E-state index is 11.9. The van der Waals surface area contributed by atoms with Crippen molar-refractivity contribution >= 4 is 15.8 Å². The molecule has 0 aliphatic carbocycles. The SMILES string of the molecule is CC[C@H](CO)NS(=O)(=O)c1ccc(C(C)=O)cc1. The lowest BCUT2D eigenvalue weighted by molar-refractivity contribution is 0.101. The first-order valence-corrected chi connectivity index (χ1v) is 7.13. The smallest absolute Gasteiger partial charge is 0.240 e. The number of hydrogen-bond acceptors (Lipinski definition) is 4. The van der Waals surface area contributed by atoms with Gasteiger partial charge >= 0.3 is 0 Å². The molecule has 1 aromatic rings. The molecule has 5 nitrogen and oxygen atoms in total. The predicted octanol–water partition coefficient (Wildman–Crippen LogP) is 0.938. The number of Topliss-reactive ketones (excluding diaryl/α,β-unsaturated/α-hetero) is 1. The van der Waals surface area contributed by atoms with Crippen LogP contribution in [-0.4, -0.2) is 32.0 Å². The molecule has 6 heteroatoms. The molecule has 1 aromatic carbocycles. The van der Waals surface area contributed by atoms with Gasteiger partial charge in [-0.15, -0.1) is 0 Å². The van der Waals surface area contributed by atoms with Gasteiger partial charge in [0.1, 0.15) is 0 Å². The van der Waals surface area contributed by atoms with E-state index in [-0.39, 0.29) is 17.3 Å². The molecule has 100 valence electrons. The topological polar surface area (TPSA) is 83.5 Å². The van der Waals surface area contributed by atoms with Crippen molar-refractivity contribution in [3.8, 4) is 0 Å². The van der Waals surface area contributed by atoms with E-state index in [9.17, 15) is 13.2 Å². The summed E-state index contributed by atoms with van der Waals surface area (Å²) in [6.07, 6.45) is 0.501. The molecule has 0 saturated heterocycles. The Hall–Kier alpha value is -1.24. The molecule has 1 rings (SSSR count). The zero-order valence-corrected chi connectivity index (χ0v) is 11.2. The highest BCUT2D eigenvalue weighted by molar-refractivity contribution is 7.89. The monoisotopic (exact) mass is 271 g/mol. The Kier molecular flexibility index (Phi) is 5.01. The molecule has 1 atom stereocenters. The van der Waals surface area contributed by atoms with Crippen LogP contribution in [0.3, 0.4) is 0 Å². The summed E-state index contributed by atoms with van der Waals surface area (Å²) in [6, 6.07) is 5.20. The Labute approximate surface area is 107 Å². The number of carbonyl (C=O) groups excluding carboxylic acids is 1. The van der Waals surface area contributed by atoms with Gasteiger partial charge in [0.15, 0.2) is 5.78 Å². The van der Waals surface area contributed by atoms with Gasteiger partial charge in [-0.25, -0.2) is 13.1 Å². The number of aliphatic hydroxyl groups is 1. The molecule has 0 fully saturated rings. The van der Waals surface area contributed by atoms with Gasteiger partial charge in [-0.3, -0.25) is 4.79 Å². The molecule has 0 unspecified atom stereocenters. The van der Waals surface area contributed by atoms with Gasteiger partial charge < -0.3 is 5.11 Å². The summed E-state index contributed by atoms with van der Waals surface area (Å²) >= 11 is 0. The first-order chi connectivity index (χ1) is 8.40. The van der Waals surface area contributed by atoms with Crippen LogP contribution in [0.1, 0.15) is 30.6 Å². The Bertz CT molecular complexity index is 503. The highest BCUT2D eigenvalue weighted by Crippen LogP contribution is 2.12. The Morgan fingerprint density at radius 3 is 2.28 bits per heavy atom. The van der Waals surface area contributed by atoms with Crippen molar-refractivity contribution in [3.63, 3.8) is 0 Å². The first kappa shape index (κ1) is 14.8. The lowest BCUT2D eigenvalue weighted by Crippen LogP contribution is -2.36. The van der Waals surface area contributed by atoms with Gasteiger partial charge in [-0.2, -0.15) is 0 Å². The van der Waals surface area contributed by atoms with Crippen LogP contribution >= 0.6 is 0 Å². The third-order valence-electron chi connectivity index (χ3n) is 2.61. The van der Waals surface area contributed by atoms with Crippen LogP contribution in [0.15, 0.2) is 29.2 Å². The molecule has 0 saturated carbocycles. The molecule has 0 bridgehead atoms. The van der Waals surface area contributed by atoms with E-state index in [1.165, 1.54) is 31.2 Å². The number of carbonyl (C=O) groups is 1. The number of hydrogen-bond donors (Lipinski definition) is 2. The summed E-state index contributed by atoms with van der Waals surface area (Å²) < 4.78 is 26.3. The minimum absolute atomic E-state index is 0.0828. The van der Waals surface area contributed by atoms with Crippen LogP contribution in [-0.2, 0) is 10.0 Å². The number of ketones is 1. The number of sulfonamides is 1. The second-order valence-electron chi connectivity index (χ2n) is 3.99. The van der Waals surface area contributed by atoms with Crippen molar-refractivity contribution in [3.05, 3.63) is 29.8 Å².